The van der Waals surface area contributed by atoms with E-state index in [-0.39, 0.29) is 0 Å². The van der Waals surface area contributed by atoms with Crippen LogP contribution in [0.15, 0.2) is 188 Å². The fourth-order valence-electron chi connectivity index (χ4n) is 8.84. The summed E-state index contributed by atoms with van der Waals surface area (Å²) in [6.07, 6.45) is 0. The Hall–Kier alpha value is -6.84. The summed E-state index contributed by atoms with van der Waals surface area (Å²) >= 11 is 0. The quantitative estimate of drug-likeness (QED) is 0.187. The Labute approximate surface area is 301 Å². The van der Waals surface area contributed by atoms with Crippen LogP contribution in [0.2, 0.25) is 0 Å². The lowest BCUT2D eigenvalue weighted by Crippen LogP contribution is -2.37. The maximum Gasteiger partial charge on any atom is 0.132 e. The number of aromatic nitrogens is 1. The number of ether oxygens (including phenoxy) is 2. The van der Waals surface area contributed by atoms with Crippen molar-refractivity contribution < 1.29 is 9.47 Å². The standard InChI is InChI=1S/C49H31NO2/c1-3-15-32(16-4-1)35-20-14-28-46-47(35)49(39-23-8-11-26-43(39)51-44-27-12-9-24-40(44)49)41-31-33(29-30-45(41)52-46)36-21-13-22-38-37-19-7-10-25-42(37)50(48(36)38)34-17-5-2-6-18-34/h1-31H. The summed E-state index contributed by atoms with van der Waals surface area (Å²) in [5, 5.41) is 2.45. The van der Waals surface area contributed by atoms with Crippen LogP contribution in [0.3, 0.4) is 0 Å². The molecule has 0 radical (unpaired) electrons. The number of nitrogens with zero attached hydrogens (tertiary/aromatic N) is 1. The van der Waals surface area contributed by atoms with Crippen molar-refractivity contribution in [2.45, 2.75) is 5.41 Å². The van der Waals surface area contributed by atoms with Gasteiger partial charge in [-0.3, -0.25) is 0 Å². The third-order valence-corrected chi connectivity index (χ3v) is 10.9. The lowest BCUT2D eigenvalue weighted by Gasteiger charge is -2.46. The molecule has 3 nitrogen and oxygen atoms in total. The molecule has 0 unspecified atom stereocenters. The lowest BCUT2D eigenvalue weighted by atomic mass is 9.60. The first-order valence-electron chi connectivity index (χ1n) is 17.8. The largest absolute Gasteiger partial charge is 0.457 e. The van der Waals surface area contributed by atoms with E-state index in [1.54, 1.807) is 0 Å². The van der Waals surface area contributed by atoms with Gasteiger partial charge in [0.25, 0.3) is 0 Å². The highest BCUT2D eigenvalue weighted by Gasteiger charge is 2.51. The Kier molecular flexibility index (Phi) is 6.17. The second-order valence-electron chi connectivity index (χ2n) is 13.6. The van der Waals surface area contributed by atoms with Crippen molar-refractivity contribution in [2.24, 2.45) is 0 Å². The van der Waals surface area contributed by atoms with E-state index in [1.165, 1.54) is 21.8 Å². The summed E-state index contributed by atoms with van der Waals surface area (Å²) in [6.45, 7) is 0. The van der Waals surface area contributed by atoms with Gasteiger partial charge in [-0.1, -0.05) is 140 Å². The van der Waals surface area contributed by atoms with Gasteiger partial charge in [-0.15, -0.1) is 0 Å². The first kappa shape index (κ1) is 28.9. The van der Waals surface area contributed by atoms with Crippen molar-refractivity contribution in [3.05, 3.63) is 210 Å². The molecule has 0 aliphatic carbocycles. The molecule has 1 spiro atoms. The van der Waals surface area contributed by atoms with Crippen molar-refractivity contribution in [3.8, 4) is 50.9 Å². The van der Waals surface area contributed by atoms with Crippen LogP contribution in [0.4, 0.5) is 0 Å². The van der Waals surface area contributed by atoms with Gasteiger partial charge in [0, 0.05) is 44.3 Å². The zero-order valence-corrected chi connectivity index (χ0v) is 28.2. The molecule has 8 aromatic carbocycles. The fourth-order valence-corrected chi connectivity index (χ4v) is 8.84. The Morgan fingerprint density at radius 1 is 0.385 bits per heavy atom. The molecule has 244 valence electrons. The van der Waals surface area contributed by atoms with Crippen LogP contribution < -0.4 is 9.47 Å². The molecular formula is C49H31NO2. The van der Waals surface area contributed by atoms with Crippen LogP contribution in [0.25, 0.3) is 49.7 Å². The summed E-state index contributed by atoms with van der Waals surface area (Å²) in [5.41, 5.74) is 11.7. The monoisotopic (exact) mass is 665 g/mol. The van der Waals surface area contributed by atoms with Crippen LogP contribution in [0, 0.1) is 0 Å². The molecule has 0 atom stereocenters. The average Bonchev–Trinajstić information content (AvgIpc) is 3.56. The van der Waals surface area contributed by atoms with Gasteiger partial charge in [0.05, 0.1) is 16.4 Å². The van der Waals surface area contributed by atoms with Crippen LogP contribution in [-0.2, 0) is 5.41 Å². The van der Waals surface area contributed by atoms with Gasteiger partial charge in [-0.25, -0.2) is 0 Å². The Balaban J connectivity index is 1.27. The van der Waals surface area contributed by atoms with E-state index < -0.39 is 5.41 Å². The minimum atomic E-state index is -0.739. The van der Waals surface area contributed by atoms with Crippen molar-refractivity contribution in [1.29, 1.82) is 0 Å². The number of rotatable bonds is 3. The van der Waals surface area contributed by atoms with Gasteiger partial charge in [0.2, 0.25) is 0 Å². The van der Waals surface area contributed by atoms with Gasteiger partial charge in [0.1, 0.15) is 23.0 Å². The maximum absolute atomic E-state index is 6.97. The third kappa shape index (κ3) is 3.96. The molecule has 2 aliphatic heterocycles. The van der Waals surface area contributed by atoms with Crippen molar-refractivity contribution >= 4 is 21.8 Å². The average molecular weight is 666 g/mol. The first-order chi connectivity index (χ1) is 25.8. The second-order valence-corrected chi connectivity index (χ2v) is 13.6. The third-order valence-electron chi connectivity index (χ3n) is 10.9. The zero-order chi connectivity index (χ0) is 34.2. The van der Waals surface area contributed by atoms with Crippen molar-refractivity contribution in [1.82, 2.24) is 4.57 Å². The molecule has 52 heavy (non-hydrogen) atoms. The summed E-state index contributed by atoms with van der Waals surface area (Å²) in [7, 11) is 0. The van der Waals surface area contributed by atoms with E-state index in [9.17, 15) is 0 Å². The lowest BCUT2D eigenvalue weighted by molar-refractivity contribution is 0.400. The minimum absolute atomic E-state index is 0.739. The molecule has 0 amide bonds. The van der Waals surface area contributed by atoms with Gasteiger partial charge in [-0.05, 0) is 65.2 Å². The molecule has 3 heteroatoms. The summed E-state index contributed by atoms with van der Waals surface area (Å²) in [6, 6.07) is 67.0. The highest BCUT2D eigenvalue weighted by atomic mass is 16.5. The summed E-state index contributed by atoms with van der Waals surface area (Å²) in [4.78, 5) is 0. The zero-order valence-electron chi connectivity index (χ0n) is 28.2. The topological polar surface area (TPSA) is 23.4 Å². The Bertz CT molecular complexity index is 2810. The number of hydrogen-bond donors (Lipinski definition) is 0. The number of hydrogen-bond acceptors (Lipinski definition) is 2. The van der Waals surface area contributed by atoms with Gasteiger partial charge in [-0.2, -0.15) is 0 Å². The SMILES string of the molecule is c1ccc(-c2cccc3c2C2(c4ccccc4Oc4ccccc42)c2cc(-c4cccc5c6ccccc6n(-c6ccccc6)c45)ccc2O3)cc1. The molecule has 0 saturated carbocycles. The minimum Gasteiger partial charge on any atom is -0.457 e. The highest BCUT2D eigenvalue weighted by Crippen LogP contribution is 2.63. The Morgan fingerprint density at radius 2 is 0.962 bits per heavy atom. The van der Waals surface area contributed by atoms with Crippen molar-refractivity contribution in [3.63, 3.8) is 0 Å². The van der Waals surface area contributed by atoms with E-state index in [0.29, 0.717) is 0 Å². The van der Waals surface area contributed by atoms with Gasteiger partial charge < -0.3 is 14.0 Å². The molecule has 0 fully saturated rings. The molecule has 11 rings (SSSR count). The Morgan fingerprint density at radius 3 is 1.75 bits per heavy atom. The predicted molar refractivity (Wildman–Crippen MR) is 210 cm³/mol. The van der Waals surface area contributed by atoms with Crippen LogP contribution in [0.1, 0.15) is 22.3 Å². The molecular weight excluding hydrogens is 635 g/mol. The molecule has 0 N–H and O–H groups in total. The van der Waals surface area contributed by atoms with Crippen LogP contribution in [0.5, 0.6) is 23.0 Å². The van der Waals surface area contributed by atoms with Crippen LogP contribution in [-0.4, -0.2) is 4.57 Å². The highest BCUT2D eigenvalue weighted by molar-refractivity contribution is 6.13. The molecule has 1 aromatic heterocycles. The fraction of sp³-hybridized carbons (Fsp3) is 0.0204. The van der Waals surface area contributed by atoms with Gasteiger partial charge >= 0.3 is 0 Å². The van der Waals surface area contributed by atoms with Crippen molar-refractivity contribution in [2.75, 3.05) is 0 Å². The number of para-hydroxylation sites is 5. The molecule has 3 heterocycles. The maximum atomic E-state index is 6.97. The van der Waals surface area contributed by atoms with E-state index in [0.717, 1.165) is 73.2 Å². The smallest absolute Gasteiger partial charge is 0.132 e. The van der Waals surface area contributed by atoms with Crippen LogP contribution >= 0.6 is 0 Å². The van der Waals surface area contributed by atoms with E-state index >= 15 is 0 Å². The number of benzene rings is 8. The number of fused-ring (bicyclic) bond motifs is 11. The first-order valence-corrected chi connectivity index (χ1v) is 17.8. The van der Waals surface area contributed by atoms with E-state index in [4.69, 9.17) is 9.47 Å². The second kappa shape index (κ2) is 11.1. The molecule has 9 aromatic rings. The van der Waals surface area contributed by atoms with E-state index in [1.807, 2.05) is 0 Å². The van der Waals surface area contributed by atoms with Gasteiger partial charge in [0.15, 0.2) is 0 Å². The van der Waals surface area contributed by atoms with E-state index in [2.05, 4.69) is 193 Å². The molecule has 0 saturated heterocycles. The normalized spacial score (nSPS) is 13.5. The summed E-state index contributed by atoms with van der Waals surface area (Å²) in [5.74, 6) is 3.38. The molecule has 2 aliphatic rings. The molecule has 0 bridgehead atoms. The predicted octanol–water partition coefficient (Wildman–Crippen LogP) is 12.7. The summed E-state index contributed by atoms with van der Waals surface area (Å²) < 4.78 is 16.1.